The number of pyridine rings is 1. The van der Waals surface area contributed by atoms with Crippen LogP contribution in [0.15, 0.2) is 24.7 Å². The van der Waals surface area contributed by atoms with E-state index < -0.39 is 0 Å². The molecule has 2 aromatic rings. The highest BCUT2D eigenvalue weighted by Gasteiger charge is 2.06. The van der Waals surface area contributed by atoms with E-state index in [1.165, 1.54) is 0 Å². The van der Waals surface area contributed by atoms with Gasteiger partial charge in [-0.15, -0.1) is 0 Å². The molecular weight excluding hydrogens is 296 g/mol. The molecule has 0 saturated carbocycles. The normalized spacial score (nSPS) is 11.9. The number of aromatic nitrogens is 3. The lowest BCUT2D eigenvalue weighted by Gasteiger charge is -2.14. The van der Waals surface area contributed by atoms with Gasteiger partial charge in [0.05, 0.1) is 23.0 Å². The summed E-state index contributed by atoms with van der Waals surface area (Å²) >= 11 is 5.99. The summed E-state index contributed by atoms with van der Waals surface area (Å²) in [5.74, 6) is 6.28. The quantitative estimate of drug-likeness (QED) is 0.681. The number of anilines is 1. The number of halogens is 1. The van der Waals surface area contributed by atoms with Crippen molar-refractivity contribution in [2.45, 2.75) is 46.2 Å². The van der Waals surface area contributed by atoms with Gasteiger partial charge >= 0.3 is 0 Å². The lowest BCUT2D eigenvalue weighted by Crippen LogP contribution is -2.14. The highest BCUT2D eigenvalue weighted by Crippen LogP contribution is 2.19. The van der Waals surface area contributed by atoms with E-state index in [1.54, 1.807) is 12.4 Å². The fourth-order valence-electron chi connectivity index (χ4n) is 1.84. The van der Waals surface area contributed by atoms with Crippen LogP contribution in [0, 0.1) is 11.8 Å². The molecule has 1 N–H and O–H groups in total. The Balaban J connectivity index is 2.27. The van der Waals surface area contributed by atoms with Crippen LogP contribution < -0.4 is 5.32 Å². The summed E-state index contributed by atoms with van der Waals surface area (Å²) < 4.78 is 1.89. The molecule has 4 nitrogen and oxygen atoms in total. The van der Waals surface area contributed by atoms with E-state index in [0.29, 0.717) is 17.2 Å². The first kappa shape index (κ1) is 16.4. The molecule has 0 bridgehead atoms. The number of nitrogens with one attached hydrogen (secondary N) is 1. The molecule has 0 radical (unpaired) electrons. The van der Waals surface area contributed by atoms with Crippen molar-refractivity contribution in [3.8, 4) is 11.8 Å². The Morgan fingerprint density at radius 1 is 1.27 bits per heavy atom. The molecule has 1 unspecified atom stereocenters. The zero-order chi connectivity index (χ0) is 16.1. The highest BCUT2D eigenvalue weighted by atomic mass is 35.5. The standard InChI is InChI=1S/C17H21ClN4/c1-5-13(4)21-16-8-17(18)19-10-15(16)7-6-14-9-20-22(11-14)12(2)3/h8-13H,5H2,1-4H3,(H,19,21). The Morgan fingerprint density at radius 2 is 2.05 bits per heavy atom. The molecule has 0 aliphatic rings. The number of hydrogen-bond donors (Lipinski definition) is 1. The molecule has 0 fully saturated rings. The molecule has 22 heavy (non-hydrogen) atoms. The SMILES string of the molecule is CCC(C)Nc1cc(Cl)ncc1C#Cc1cnn(C(C)C)c1. The Morgan fingerprint density at radius 3 is 2.68 bits per heavy atom. The summed E-state index contributed by atoms with van der Waals surface area (Å²) in [4.78, 5) is 4.12. The molecule has 0 aromatic carbocycles. The summed E-state index contributed by atoms with van der Waals surface area (Å²) in [6.45, 7) is 8.42. The van der Waals surface area contributed by atoms with Crippen molar-refractivity contribution in [1.82, 2.24) is 14.8 Å². The van der Waals surface area contributed by atoms with Crippen LogP contribution >= 0.6 is 11.6 Å². The summed E-state index contributed by atoms with van der Waals surface area (Å²) in [6, 6.07) is 2.49. The van der Waals surface area contributed by atoms with Crippen LogP contribution in [0.5, 0.6) is 0 Å². The molecule has 0 amide bonds. The van der Waals surface area contributed by atoms with Crippen molar-refractivity contribution in [1.29, 1.82) is 0 Å². The van der Waals surface area contributed by atoms with Crippen molar-refractivity contribution in [2.75, 3.05) is 5.32 Å². The van der Waals surface area contributed by atoms with Gasteiger partial charge in [0.2, 0.25) is 0 Å². The highest BCUT2D eigenvalue weighted by molar-refractivity contribution is 6.29. The molecule has 1 atom stereocenters. The minimum atomic E-state index is 0.329. The average molecular weight is 317 g/mol. The Kier molecular flexibility index (Phi) is 5.46. The smallest absolute Gasteiger partial charge is 0.131 e. The molecule has 0 aliphatic heterocycles. The minimum absolute atomic E-state index is 0.329. The second-order valence-electron chi connectivity index (χ2n) is 5.56. The van der Waals surface area contributed by atoms with Crippen LogP contribution in [-0.4, -0.2) is 20.8 Å². The lowest BCUT2D eigenvalue weighted by molar-refractivity contribution is 0.532. The van der Waals surface area contributed by atoms with Gasteiger partial charge in [-0.25, -0.2) is 4.98 Å². The summed E-state index contributed by atoms with van der Waals surface area (Å²) in [6.07, 6.45) is 6.45. The van der Waals surface area contributed by atoms with Crippen molar-refractivity contribution in [3.63, 3.8) is 0 Å². The van der Waals surface area contributed by atoms with E-state index in [4.69, 9.17) is 11.6 Å². The zero-order valence-electron chi connectivity index (χ0n) is 13.4. The second kappa shape index (κ2) is 7.33. The first-order chi connectivity index (χ1) is 10.5. The van der Waals surface area contributed by atoms with Gasteiger partial charge in [0.15, 0.2) is 0 Å². The number of hydrogen-bond acceptors (Lipinski definition) is 3. The topological polar surface area (TPSA) is 42.7 Å². The Hall–Kier alpha value is -1.99. The maximum Gasteiger partial charge on any atom is 0.131 e. The maximum absolute atomic E-state index is 5.99. The van der Waals surface area contributed by atoms with Crippen LogP contribution in [0.1, 0.15) is 51.3 Å². The van der Waals surface area contributed by atoms with Crippen LogP contribution in [0.3, 0.4) is 0 Å². The lowest BCUT2D eigenvalue weighted by atomic mass is 10.2. The van der Waals surface area contributed by atoms with Gasteiger partial charge in [0.25, 0.3) is 0 Å². The third kappa shape index (κ3) is 4.25. The van der Waals surface area contributed by atoms with Gasteiger partial charge in [-0.2, -0.15) is 5.10 Å². The monoisotopic (exact) mass is 316 g/mol. The van der Waals surface area contributed by atoms with Crippen LogP contribution in [-0.2, 0) is 0 Å². The maximum atomic E-state index is 5.99. The molecular formula is C17H21ClN4. The summed E-state index contributed by atoms with van der Waals surface area (Å²) in [7, 11) is 0. The average Bonchev–Trinajstić information content (AvgIpc) is 2.95. The zero-order valence-corrected chi connectivity index (χ0v) is 14.1. The molecule has 0 aliphatic carbocycles. The molecule has 2 aromatic heterocycles. The first-order valence-corrected chi connectivity index (χ1v) is 7.85. The minimum Gasteiger partial charge on any atom is -0.381 e. The molecule has 116 valence electrons. The van der Waals surface area contributed by atoms with Gasteiger partial charge in [0, 0.05) is 24.5 Å². The van der Waals surface area contributed by atoms with E-state index in [1.807, 2.05) is 16.9 Å². The second-order valence-corrected chi connectivity index (χ2v) is 5.95. The largest absolute Gasteiger partial charge is 0.381 e. The van der Waals surface area contributed by atoms with Crippen molar-refractivity contribution < 1.29 is 0 Å². The van der Waals surface area contributed by atoms with Gasteiger partial charge in [-0.3, -0.25) is 4.68 Å². The van der Waals surface area contributed by atoms with Gasteiger partial charge in [0.1, 0.15) is 5.15 Å². The van der Waals surface area contributed by atoms with Crippen LogP contribution in [0.2, 0.25) is 5.15 Å². The van der Waals surface area contributed by atoms with Crippen molar-refractivity contribution in [2.24, 2.45) is 0 Å². The summed E-state index contributed by atoms with van der Waals surface area (Å²) in [5.41, 5.74) is 2.64. The molecule has 2 heterocycles. The van der Waals surface area contributed by atoms with E-state index in [-0.39, 0.29) is 0 Å². The van der Waals surface area contributed by atoms with Gasteiger partial charge in [-0.1, -0.05) is 30.4 Å². The predicted molar refractivity (Wildman–Crippen MR) is 91.2 cm³/mol. The number of rotatable bonds is 4. The van der Waals surface area contributed by atoms with Gasteiger partial charge < -0.3 is 5.32 Å². The third-order valence-electron chi connectivity index (χ3n) is 3.36. The fraction of sp³-hybridized carbons (Fsp3) is 0.412. The predicted octanol–water partition coefficient (Wildman–Crippen LogP) is 4.12. The Labute approximate surface area is 136 Å². The van der Waals surface area contributed by atoms with E-state index >= 15 is 0 Å². The van der Waals surface area contributed by atoms with E-state index in [2.05, 4.69) is 54.9 Å². The van der Waals surface area contributed by atoms with Crippen molar-refractivity contribution >= 4 is 17.3 Å². The van der Waals surface area contributed by atoms with E-state index in [0.717, 1.165) is 23.2 Å². The fourth-order valence-corrected chi connectivity index (χ4v) is 2.00. The molecule has 2 rings (SSSR count). The Bertz CT molecular complexity index is 694. The molecule has 5 heteroatoms. The number of nitrogens with zero attached hydrogens (tertiary/aromatic N) is 3. The van der Waals surface area contributed by atoms with E-state index in [9.17, 15) is 0 Å². The third-order valence-corrected chi connectivity index (χ3v) is 3.56. The molecule has 0 saturated heterocycles. The summed E-state index contributed by atoms with van der Waals surface area (Å²) in [5, 5.41) is 8.16. The van der Waals surface area contributed by atoms with Gasteiger partial charge in [-0.05, 0) is 33.3 Å². The van der Waals surface area contributed by atoms with Crippen molar-refractivity contribution in [3.05, 3.63) is 40.9 Å². The first-order valence-electron chi connectivity index (χ1n) is 7.47. The van der Waals surface area contributed by atoms with Crippen LogP contribution in [0.4, 0.5) is 5.69 Å². The molecule has 0 spiro atoms. The van der Waals surface area contributed by atoms with Crippen LogP contribution in [0.25, 0.3) is 0 Å².